The van der Waals surface area contributed by atoms with Crippen LogP contribution in [0.3, 0.4) is 0 Å². The van der Waals surface area contributed by atoms with Crippen molar-refractivity contribution in [3.63, 3.8) is 0 Å². The first-order valence-electron chi connectivity index (χ1n) is 6.20. The highest BCUT2D eigenvalue weighted by atomic mass is 79.9. The Bertz CT molecular complexity index is 676. The van der Waals surface area contributed by atoms with Gasteiger partial charge in [-0.25, -0.2) is 9.18 Å². The molecule has 0 saturated heterocycles. The number of nitrogen functional groups attached to an aromatic ring is 1. The Balaban J connectivity index is 2.26. The van der Waals surface area contributed by atoms with E-state index in [0.717, 1.165) is 0 Å². The summed E-state index contributed by atoms with van der Waals surface area (Å²) in [6, 6.07) is 8.98. The number of esters is 1. The van der Waals surface area contributed by atoms with E-state index < -0.39 is 11.8 Å². The van der Waals surface area contributed by atoms with E-state index in [9.17, 15) is 9.18 Å². The van der Waals surface area contributed by atoms with Gasteiger partial charge in [0, 0.05) is 11.8 Å². The first kappa shape index (κ1) is 15.3. The van der Waals surface area contributed by atoms with Crippen molar-refractivity contribution in [3.05, 3.63) is 52.3 Å². The van der Waals surface area contributed by atoms with Crippen LogP contribution in [0.5, 0.6) is 11.5 Å². The van der Waals surface area contributed by atoms with Gasteiger partial charge in [0.1, 0.15) is 17.3 Å². The van der Waals surface area contributed by atoms with Gasteiger partial charge in [0.05, 0.1) is 16.6 Å². The third kappa shape index (κ3) is 3.72. The van der Waals surface area contributed by atoms with Crippen LogP contribution in [0.1, 0.15) is 17.3 Å². The van der Waals surface area contributed by atoms with Gasteiger partial charge in [-0.15, -0.1) is 0 Å². The maximum Gasteiger partial charge on any atom is 0.340 e. The highest BCUT2D eigenvalue weighted by Crippen LogP contribution is 2.28. The fourth-order valence-corrected chi connectivity index (χ4v) is 1.91. The molecular formula is C15H13BrFNO3. The quantitative estimate of drug-likeness (QED) is 0.662. The van der Waals surface area contributed by atoms with Crippen molar-refractivity contribution < 1.29 is 18.7 Å². The highest BCUT2D eigenvalue weighted by Gasteiger charge is 2.12. The van der Waals surface area contributed by atoms with E-state index in [1.165, 1.54) is 24.3 Å². The van der Waals surface area contributed by atoms with Crippen molar-refractivity contribution in [1.82, 2.24) is 0 Å². The Hall–Kier alpha value is -2.08. The lowest BCUT2D eigenvalue weighted by molar-refractivity contribution is 0.0527. The summed E-state index contributed by atoms with van der Waals surface area (Å²) in [6.07, 6.45) is 0. The van der Waals surface area contributed by atoms with Crippen LogP contribution in [0.2, 0.25) is 0 Å². The molecule has 0 spiro atoms. The summed E-state index contributed by atoms with van der Waals surface area (Å²) in [5.41, 5.74) is 6.24. The van der Waals surface area contributed by atoms with Gasteiger partial charge in [0.15, 0.2) is 0 Å². The van der Waals surface area contributed by atoms with Crippen molar-refractivity contribution in [1.29, 1.82) is 0 Å². The van der Waals surface area contributed by atoms with E-state index in [4.69, 9.17) is 15.2 Å². The topological polar surface area (TPSA) is 61.5 Å². The minimum atomic E-state index is -0.526. The van der Waals surface area contributed by atoms with Crippen molar-refractivity contribution >= 4 is 27.6 Å². The molecule has 2 aromatic carbocycles. The predicted molar refractivity (Wildman–Crippen MR) is 81.0 cm³/mol. The molecule has 0 aliphatic carbocycles. The van der Waals surface area contributed by atoms with Gasteiger partial charge < -0.3 is 15.2 Å². The molecule has 4 nitrogen and oxygen atoms in total. The maximum absolute atomic E-state index is 13.4. The molecule has 2 rings (SSSR count). The highest BCUT2D eigenvalue weighted by molar-refractivity contribution is 9.10. The molecule has 0 bridgehead atoms. The molecule has 0 saturated carbocycles. The Morgan fingerprint density at radius 1 is 1.24 bits per heavy atom. The molecule has 0 unspecified atom stereocenters. The minimum absolute atomic E-state index is 0.215. The fourth-order valence-electron chi connectivity index (χ4n) is 1.66. The second-order valence-corrected chi connectivity index (χ2v) is 5.00. The van der Waals surface area contributed by atoms with E-state index in [2.05, 4.69) is 15.9 Å². The van der Waals surface area contributed by atoms with Crippen molar-refractivity contribution in [3.8, 4) is 11.5 Å². The lowest BCUT2D eigenvalue weighted by Gasteiger charge is -2.10. The molecule has 2 N–H and O–H groups in total. The van der Waals surface area contributed by atoms with Gasteiger partial charge in [0.25, 0.3) is 0 Å². The number of hydrogen-bond acceptors (Lipinski definition) is 4. The van der Waals surface area contributed by atoms with Gasteiger partial charge in [-0.3, -0.25) is 0 Å². The summed E-state index contributed by atoms with van der Waals surface area (Å²) in [5, 5.41) is 0. The Morgan fingerprint density at radius 2 is 1.90 bits per heavy atom. The standard InChI is InChI=1S/C15H13BrFNO3/c1-2-20-15(19)11-7-9(4-6-14(11)18)21-10-3-5-12(16)13(17)8-10/h3-8H,2,18H2,1H3. The minimum Gasteiger partial charge on any atom is -0.462 e. The number of anilines is 1. The average molecular weight is 354 g/mol. The van der Waals surface area contributed by atoms with Crippen LogP contribution in [0.4, 0.5) is 10.1 Å². The van der Waals surface area contributed by atoms with E-state index in [1.807, 2.05) is 0 Å². The zero-order valence-electron chi connectivity index (χ0n) is 11.2. The Morgan fingerprint density at radius 3 is 2.57 bits per heavy atom. The molecule has 0 fully saturated rings. The lowest BCUT2D eigenvalue weighted by Crippen LogP contribution is -2.08. The van der Waals surface area contributed by atoms with Crippen LogP contribution < -0.4 is 10.5 Å². The third-order valence-electron chi connectivity index (χ3n) is 2.65. The third-order valence-corrected chi connectivity index (χ3v) is 3.29. The van der Waals surface area contributed by atoms with Crippen molar-refractivity contribution in [2.24, 2.45) is 0 Å². The molecule has 21 heavy (non-hydrogen) atoms. The molecule has 6 heteroatoms. The monoisotopic (exact) mass is 353 g/mol. The molecule has 0 atom stereocenters. The Kier molecular flexibility index (Phi) is 4.80. The molecular weight excluding hydrogens is 341 g/mol. The van der Waals surface area contributed by atoms with Crippen molar-refractivity contribution in [2.45, 2.75) is 6.92 Å². The zero-order valence-corrected chi connectivity index (χ0v) is 12.8. The molecule has 0 radical (unpaired) electrons. The number of halogens is 2. The SMILES string of the molecule is CCOC(=O)c1cc(Oc2ccc(Br)c(F)c2)ccc1N. The summed E-state index contributed by atoms with van der Waals surface area (Å²) in [7, 11) is 0. The first-order chi connectivity index (χ1) is 10.0. The number of nitrogens with two attached hydrogens (primary N) is 1. The van der Waals surface area contributed by atoms with Gasteiger partial charge in [0.2, 0.25) is 0 Å². The lowest BCUT2D eigenvalue weighted by atomic mass is 10.1. The Labute approximate surface area is 129 Å². The molecule has 0 aromatic heterocycles. The zero-order chi connectivity index (χ0) is 15.4. The average Bonchev–Trinajstić information content (AvgIpc) is 2.45. The van der Waals surface area contributed by atoms with E-state index in [0.29, 0.717) is 21.7 Å². The van der Waals surface area contributed by atoms with Gasteiger partial charge >= 0.3 is 5.97 Å². The summed E-state index contributed by atoms with van der Waals surface area (Å²) >= 11 is 3.06. The van der Waals surface area contributed by atoms with Crippen molar-refractivity contribution in [2.75, 3.05) is 12.3 Å². The first-order valence-corrected chi connectivity index (χ1v) is 7.00. The molecule has 2 aromatic rings. The summed E-state index contributed by atoms with van der Waals surface area (Å²) in [5.74, 6) is -0.278. The normalized spacial score (nSPS) is 10.2. The fraction of sp³-hybridized carbons (Fsp3) is 0.133. The molecule has 0 aliphatic rings. The summed E-state index contributed by atoms with van der Waals surface area (Å²) < 4.78 is 24.2. The van der Waals surface area contributed by atoms with Crippen LogP contribution in [-0.2, 0) is 4.74 Å². The number of carbonyl (C=O) groups is 1. The molecule has 110 valence electrons. The van der Waals surface area contributed by atoms with Gasteiger partial charge in [-0.1, -0.05) is 0 Å². The largest absolute Gasteiger partial charge is 0.462 e. The number of ether oxygens (including phenoxy) is 2. The van der Waals surface area contributed by atoms with Crippen LogP contribution in [0.15, 0.2) is 40.9 Å². The molecule has 0 amide bonds. The van der Waals surface area contributed by atoms with E-state index in [-0.39, 0.29) is 12.2 Å². The van der Waals surface area contributed by atoms with Gasteiger partial charge in [-0.2, -0.15) is 0 Å². The maximum atomic E-state index is 13.4. The van der Waals surface area contributed by atoms with E-state index >= 15 is 0 Å². The van der Waals surface area contributed by atoms with Crippen LogP contribution in [0, 0.1) is 5.82 Å². The number of benzene rings is 2. The summed E-state index contributed by atoms with van der Waals surface area (Å²) in [4.78, 5) is 11.7. The van der Waals surface area contributed by atoms with Gasteiger partial charge in [-0.05, 0) is 53.2 Å². The van der Waals surface area contributed by atoms with Crippen LogP contribution in [0.25, 0.3) is 0 Å². The second-order valence-electron chi connectivity index (χ2n) is 4.15. The number of carbonyl (C=O) groups excluding carboxylic acids is 1. The smallest absolute Gasteiger partial charge is 0.340 e. The van der Waals surface area contributed by atoms with Crippen LogP contribution in [-0.4, -0.2) is 12.6 Å². The number of hydrogen-bond donors (Lipinski definition) is 1. The number of rotatable bonds is 4. The van der Waals surface area contributed by atoms with Crippen LogP contribution >= 0.6 is 15.9 Å². The summed E-state index contributed by atoms with van der Waals surface area (Å²) in [6.45, 7) is 1.96. The molecule has 0 aliphatic heterocycles. The molecule has 0 heterocycles. The second kappa shape index (κ2) is 6.58. The van der Waals surface area contributed by atoms with E-state index in [1.54, 1.807) is 19.1 Å². The predicted octanol–water partition coefficient (Wildman–Crippen LogP) is 4.14.